The van der Waals surface area contributed by atoms with Crippen molar-refractivity contribution in [1.29, 1.82) is 0 Å². The molecule has 0 aliphatic heterocycles. The maximum atomic E-state index is 12.3. The summed E-state index contributed by atoms with van der Waals surface area (Å²) in [5.41, 5.74) is 0.983. The van der Waals surface area contributed by atoms with Crippen LogP contribution in [0.15, 0.2) is 48.7 Å². The third-order valence-corrected chi connectivity index (χ3v) is 5.20. The zero-order valence-electron chi connectivity index (χ0n) is 15.3. The van der Waals surface area contributed by atoms with E-state index >= 15 is 0 Å². The third kappa shape index (κ3) is 5.91. The molecule has 0 aliphatic carbocycles. The number of amides is 1. The number of hydrogen-bond acceptors (Lipinski definition) is 5. The first-order valence-corrected chi connectivity index (χ1v) is 9.98. The van der Waals surface area contributed by atoms with Gasteiger partial charge in [-0.1, -0.05) is 11.6 Å². The Morgan fingerprint density at radius 2 is 2.00 bits per heavy atom. The van der Waals surface area contributed by atoms with Crippen LogP contribution in [-0.4, -0.2) is 20.6 Å². The molecule has 1 heterocycles. The number of non-ortho nitro benzene ring substituents is 1. The molecule has 0 fully saturated rings. The van der Waals surface area contributed by atoms with Gasteiger partial charge in [0.15, 0.2) is 0 Å². The van der Waals surface area contributed by atoms with Gasteiger partial charge in [-0.2, -0.15) is 5.10 Å². The fourth-order valence-electron chi connectivity index (χ4n) is 2.51. The second-order valence-corrected chi connectivity index (χ2v) is 7.75. The number of nitrogens with zero attached hydrogens (tertiary/aromatic N) is 3. The highest BCUT2D eigenvalue weighted by Crippen LogP contribution is 2.30. The molecule has 2 aromatic carbocycles. The van der Waals surface area contributed by atoms with Crippen LogP contribution in [0.2, 0.25) is 5.02 Å². The highest BCUT2D eigenvalue weighted by atomic mass is 127. The molecule has 0 atom stereocenters. The summed E-state index contributed by atoms with van der Waals surface area (Å²) < 4.78 is 8.38. The SMILES string of the molecule is Cc1nn(CCC(=O)Nc2cc(Oc3ccc(Cl)cc3)cc([N+](=O)[O-])c2)cc1I. The van der Waals surface area contributed by atoms with E-state index in [4.69, 9.17) is 16.3 Å². The number of anilines is 1. The van der Waals surface area contributed by atoms with Gasteiger partial charge >= 0.3 is 0 Å². The number of aromatic nitrogens is 2. The molecule has 150 valence electrons. The van der Waals surface area contributed by atoms with Gasteiger partial charge in [0.2, 0.25) is 5.91 Å². The Kier molecular flexibility index (Phi) is 6.70. The van der Waals surface area contributed by atoms with E-state index in [-0.39, 0.29) is 29.5 Å². The van der Waals surface area contributed by atoms with Crippen molar-refractivity contribution in [2.75, 3.05) is 5.32 Å². The molecule has 0 radical (unpaired) electrons. The topological polar surface area (TPSA) is 99.3 Å². The first kappa shape index (κ1) is 21.1. The molecule has 1 aromatic heterocycles. The van der Waals surface area contributed by atoms with Crippen LogP contribution in [0.5, 0.6) is 11.5 Å². The fourth-order valence-corrected chi connectivity index (χ4v) is 3.06. The van der Waals surface area contributed by atoms with Gasteiger partial charge < -0.3 is 10.1 Å². The van der Waals surface area contributed by atoms with Crippen LogP contribution >= 0.6 is 34.2 Å². The van der Waals surface area contributed by atoms with Crippen LogP contribution in [0, 0.1) is 20.6 Å². The minimum absolute atomic E-state index is 0.174. The maximum Gasteiger partial charge on any atom is 0.275 e. The van der Waals surface area contributed by atoms with Gasteiger partial charge in [-0.3, -0.25) is 19.6 Å². The molecule has 0 aliphatic rings. The van der Waals surface area contributed by atoms with Gasteiger partial charge in [-0.05, 0) is 53.8 Å². The lowest BCUT2D eigenvalue weighted by atomic mass is 10.2. The first-order chi connectivity index (χ1) is 13.8. The maximum absolute atomic E-state index is 12.3. The van der Waals surface area contributed by atoms with Crippen LogP contribution in [0.3, 0.4) is 0 Å². The molecule has 10 heteroatoms. The average molecular weight is 527 g/mol. The minimum atomic E-state index is -0.543. The number of nitro groups is 1. The monoisotopic (exact) mass is 526 g/mol. The predicted octanol–water partition coefficient (Wildman–Crippen LogP) is 5.18. The summed E-state index contributed by atoms with van der Waals surface area (Å²) in [5.74, 6) is 0.413. The normalized spacial score (nSPS) is 10.6. The summed E-state index contributed by atoms with van der Waals surface area (Å²) in [5, 5.41) is 18.8. The van der Waals surface area contributed by atoms with Crippen LogP contribution in [0.4, 0.5) is 11.4 Å². The highest BCUT2D eigenvalue weighted by molar-refractivity contribution is 14.1. The summed E-state index contributed by atoms with van der Waals surface area (Å²) in [6.45, 7) is 2.29. The van der Waals surface area contributed by atoms with Crippen molar-refractivity contribution in [2.24, 2.45) is 0 Å². The van der Waals surface area contributed by atoms with E-state index in [2.05, 4.69) is 33.0 Å². The third-order valence-electron chi connectivity index (χ3n) is 3.89. The second-order valence-electron chi connectivity index (χ2n) is 6.15. The molecule has 0 spiro atoms. The second kappa shape index (κ2) is 9.23. The lowest BCUT2D eigenvalue weighted by Gasteiger charge is -2.10. The summed E-state index contributed by atoms with van der Waals surface area (Å²) >= 11 is 8.02. The Balaban J connectivity index is 1.71. The van der Waals surface area contributed by atoms with Crippen molar-refractivity contribution in [1.82, 2.24) is 9.78 Å². The van der Waals surface area contributed by atoms with E-state index in [1.54, 1.807) is 28.9 Å². The summed E-state index contributed by atoms with van der Waals surface area (Å²) in [6, 6.07) is 10.7. The number of halogens is 2. The van der Waals surface area contributed by atoms with Gasteiger partial charge in [0, 0.05) is 36.3 Å². The Morgan fingerprint density at radius 3 is 2.62 bits per heavy atom. The number of rotatable bonds is 7. The largest absolute Gasteiger partial charge is 0.457 e. The molecular weight excluding hydrogens is 511 g/mol. The molecule has 0 saturated carbocycles. The fraction of sp³-hybridized carbons (Fsp3) is 0.158. The van der Waals surface area contributed by atoms with Crippen molar-refractivity contribution in [3.05, 3.63) is 73.1 Å². The van der Waals surface area contributed by atoms with Crippen LogP contribution in [-0.2, 0) is 11.3 Å². The first-order valence-electron chi connectivity index (χ1n) is 8.52. The number of ether oxygens (including phenoxy) is 1. The molecule has 1 amide bonds. The van der Waals surface area contributed by atoms with Crippen LogP contribution in [0.1, 0.15) is 12.1 Å². The van der Waals surface area contributed by atoms with Crippen molar-refractivity contribution in [3.8, 4) is 11.5 Å². The van der Waals surface area contributed by atoms with E-state index in [1.165, 1.54) is 18.2 Å². The number of carbonyl (C=O) groups excluding carboxylic acids is 1. The van der Waals surface area contributed by atoms with Crippen molar-refractivity contribution in [2.45, 2.75) is 19.9 Å². The van der Waals surface area contributed by atoms with Gasteiger partial charge in [0.25, 0.3) is 5.69 Å². The van der Waals surface area contributed by atoms with E-state index < -0.39 is 4.92 Å². The quantitative estimate of drug-likeness (QED) is 0.260. The zero-order valence-corrected chi connectivity index (χ0v) is 18.2. The number of hydrogen-bond donors (Lipinski definition) is 1. The zero-order chi connectivity index (χ0) is 21.0. The Labute approximate surface area is 185 Å². The number of nitrogens with one attached hydrogen (secondary N) is 1. The number of benzene rings is 2. The molecule has 8 nitrogen and oxygen atoms in total. The van der Waals surface area contributed by atoms with E-state index in [0.717, 1.165) is 9.26 Å². The van der Waals surface area contributed by atoms with Crippen LogP contribution < -0.4 is 10.1 Å². The summed E-state index contributed by atoms with van der Waals surface area (Å²) in [4.78, 5) is 23.0. The Morgan fingerprint density at radius 1 is 1.28 bits per heavy atom. The standard InChI is InChI=1S/C19H16ClIN4O4/c1-12-18(21)11-24(23-12)7-6-19(26)22-14-8-15(25(27)28)10-17(9-14)29-16-4-2-13(20)3-5-16/h2-5,8-11H,6-7H2,1H3,(H,22,26). The van der Waals surface area contributed by atoms with Gasteiger partial charge in [-0.15, -0.1) is 0 Å². The number of nitro benzene ring substituents is 1. The van der Waals surface area contributed by atoms with E-state index in [9.17, 15) is 14.9 Å². The summed E-state index contributed by atoms with van der Waals surface area (Å²) in [6.07, 6.45) is 2.03. The van der Waals surface area contributed by atoms with Crippen molar-refractivity contribution >= 4 is 51.5 Å². The lowest BCUT2D eigenvalue weighted by Crippen LogP contribution is -2.15. The molecule has 29 heavy (non-hydrogen) atoms. The van der Waals surface area contributed by atoms with E-state index in [0.29, 0.717) is 17.3 Å². The highest BCUT2D eigenvalue weighted by Gasteiger charge is 2.14. The van der Waals surface area contributed by atoms with Gasteiger partial charge in [-0.25, -0.2) is 0 Å². The van der Waals surface area contributed by atoms with E-state index in [1.807, 2.05) is 13.1 Å². The van der Waals surface area contributed by atoms with Gasteiger partial charge in [0.1, 0.15) is 11.5 Å². The predicted molar refractivity (Wildman–Crippen MR) is 118 cm³/mol. The van der Waals surface area contributed by atoms with Crippen molar-refractivity contribution in [3.63, 3.8) is 0 Å². The lowest BCUT2D eigenvalue weighted by molar-refractivity contribution is -0.384. The molecular formula is C19H16ClIN4O4. The molecule has 3 aromatic rings. The number of aryl methyl sites for hydroxylation is 2. The molecule has 0 saturated heterocycles. The molecule has 1 N–H and O–H groups in total. The number of carbonyl (C=O) groups is 1. The smallest absolute Gasteiger partial charge is 0.275 e. The molecule has 3 rings (SSSR count). The Hall–Kier alpha value is -2.66. The Bertz CT molecular complexity index is 1030. The van der Waals surface area contributed by atoms with Crippen LogP contribution in [0.25, 0.3) is 0 Å². The molecule has 0 unspecified atom stereocenters. The summed E-state index contributed by atoms with van der Waals surface area (Å²) in [7, 11) is 0. The minimum Gasteiger partial charge on any atom is -0.457 e. The average Bonchev–Trinajstić information content (AvgIpc) is 2.99. The van der Waals surface area contributed by atoms with Gasteiger partial charge in [0.05, 0.1) is 25.9 Å². The van der Waals surface area contributed by atoms with Crippen molar-refractivity contribution < 1.29 is 14.5 Å². The molecule has 0 bridgehead atoms.